The van der Waals surface area contributed by atoms with Gasteiger partial charge in [-0.05, 0) is 59.4 Å². The van der Waals surface area contributed by atoms with Crippen LogP contribution in [0.15, 0.2) is 60.2 Å². The van der Waals surface area contributed by atoms with Gasteiger partial charge in [0.2, 0.25) is 0 Å². The molecule has 0 saturated heterocycles. The van der Waals surface area contributed by atoms with Gasteiger partial charge in [0, 0.05) is 5.92 Å². The van der Waals surface area contributed by atoms with Crippen molar-refractivity contribution < 1.29 is 14.0 Å². The lowest BCUT2D eigenvalue weighted by Crippen LogP contribution is -3.06. The molecule has 0 fully saturated rings. The Kier molecular flexibility index (Phi) is 5.89. The second-order valence-corrected chi connectivity index (χ2v) is 7.25. The summed E-state index contributed by atoms with van der Waals surface area (Å²) in [6.45, 7) is 1.10. The van der Waals surface area contributed by atoms with Gasteiger partial charge in [-0.15, -0.1) is 0 Å². The summed E-state index contributed by atoms with van der Waals surface area (Å²) in [5, 5.41) is 0. The van der Waals surface area contributed by atoms with E-state index in [1.807, 2.05) is 24.3 Å². The van der Waals surface area contributed by atoms with Crippen molar-refractivity contribution in [2.75, 3.05) is 27.7 Å². The molecule has 0 bridgehead atoms. The third kappa shape index (κ3) is 4.61. The summed E-state index contributed by atoms with van der Waals surface area (Å²) in [6, 6.07) is 15.0. The van der Waals surface area contributed by atoms with Crippen molar-refractivity contribution in [1.82, 2.24) is 0 Å². The molecule has 3 rings (SSSR count). The molecular weight excluding hydrogens is 325 g/mol. The predicted molar refractivity (Wildman–Crippen MR) is 106 cm³/mol. The first-order chi connectivity index (χ1) is 12.5. The molecular formula is C23H27FNO+. The average Bonchev–Trinajstić information content (AvgIpc) is 2.64. The fraction of sp³-hybridized carbons (Fsp3) is 0.304. The molecule has 0 saturated carbocycles. The quantitative estimate of drug-likeness (QED) is 0.863. The van der Waals surface area contributed by atoms with E-state index in [0.717, 1.165) is 30.7 Å². The van der Waals surface area contributed by atoms with E-state index in [4.69, 9.17) is 4.74 Å². The lowest BCUT2D eigenvalue weighted by molar-refractivity contribution is -0.861. The van der Waals surface area contributed by atoms with E-state index in [1.54, 1.807) is 7.11 Å². The number of rotatable bonds is 5. The highest BCUT2D eigenvalue weighted by atomic mass is 19.1. The number of benzene rings is 2. The second kappa shape index (κ2) is 8.33. The Hall–Kier alpha value is -2.39. The highest BCUT2D eigenvalue weighted by Crippen LogP contribution is 2.36. The molecule has 0 heterocycles. The summed E-state index contributed by atoms with van der Waals surface area (Å²) in [7, 11) is 6.11. The van der Waals surface area contributed by atoms with Gasteiger partial charge in [0.25, 0.3) is 0 Å². The minimum absolute atomic E-state index is 0.197. The van der Waals surface area contributed by atoms with Crippen molar-refractivity contribution in [3.63, 3.8) is 0 Å². The molecule has 1 aliphatic rings. The zero-order valence-corrected chi connectivity index (χ0v) is 15.8. The lowest BCUT2D eigenvalue weighted by atomic mass is 9.81. The Labute approximate surface area is 155 Å². The van der Waals surface area contributed by atoms with Crippen molar-refractivity contribution in [1.29, 1.82) is 0 Å². The van der Waals surface area contributed by atoms with Gasteiger partial charge in [0.15, 0.2) is 0 Å². The van der Waals surface area contributed by atoms with Gasteiger partial charge >= 0.3 is 0 Å². The first-order valence-corrected chi connectivity index (χ1v) is 9.16. The fourth-order valence-electron chi connectivity index (χ4n) is 3.60. The Morgan fingerprint density at radius 1 is 1.15 bits per heavy atom. The number of nitrogens with one attached hydrogen (secondary N) is 1. The molecule has 1 aliphatic carbocycles. The minimum atomic E-state index is -0.197. The molecule has 3 heteroatoms. The van der Waals surface area contributed by atoms with Gasteiger partial charge in [-0.3, -0.25) is 0 Å². The second-order valence-electron chi connectivity index (χ2n) is 7.25. The van der Waals surface area contributed by atoms with E-state index >= 15 is 0 Å². The number of methoxy groups -OCH3 is 1. The maximum atomic E-state index is 13.1. The molecule has 136 valence electrons. The average molecular weight is 352 g/mol. The van der Waals surface area contributed by atoms with Gasteiger partial charge in [-0.2, -0.15) is 0 Å². The molecule has 1 atom stereocenters. The third-order valence-corrected chi connectivity index (χ3v) is 4.84. The van der Waals surface area contributed by atoms with E-state index in [-0.39, 0.29) is 5.82 Å². The molecule has 26 heavy (non-hydrogen) atoms. The van der Waals surface area contributed by atoms with Crippen molar-refractivity contribution in [3.8, 4) is 5.75 Å². The topological polar surface area (TPSA) is 13.7 Å². The number of halogens is 1. The first kappa shape index (κ1) is 18.4. The Bertz CT molecular complexity index is 805. The van der Waals surface area contributed by atoms with Crippen molar-refractivity contribution in [2.45, 2.75) is 12.8 Å². The van der Waals surface area contributed by atoms with Crippen LogP contribution in [0.5, 0.6) is 5.75 Å². The van der Waals surface area contributed by atoms with E-state index in [2.05, 4.69) is 38.4 Å². The van der Waals surface area contributed by atoms with E-state index in [1.165, 1.54) is 33.7 Å². The molecule has 0 aliphatic heterocycles. The van der Waals surface area contributed by atoms with Gasteiger partial charge in [0.1, 0.15) is 11.6 Å². The SMILES string of the molecule is COc1cccc(C2=C/C(=C\c3ccc(F)cc3)CCC2C[NH+](C)C)c1. The number of hydrogen-bond acceptors (Lipinski definition) is 1. The molecule has 0 spiro atoms. The van der Waals surface area contributed by atoms with Gasteiger partial charge < -0.3 is 9.64 Å². The van der Waals surface area contributed by atoms with E-state index < -0.39 is 0 Å². The first-order valence-electron chi connectivity index (χ1n) is 9.16. The van der Waals surface area contributed by atoms with Crippen LogP contribution in [0.2, 0.25) is 0 Å². The number of quaternary nitrogens is 1. The highest BCUT2D eigenvalue weighted by molar-refractivity contribution is 5.74. The zero-order valence-electron chi connectivity index (χ0n) is 15.8. The van der Waals surface area contributed by atoms with Crippen LogP contribution in [-0.2, 0) is 0 Å². The highest BCUT2D eigenvalue weighted by Gasteiger charge is 2.23. The summed E-state index contributed by atoms with van der Waals surface area (Å²) in [6.07, 6.45) is 6.65. The third-order valence-electron chi connectivity index (χ3n) is 4.84. The van der Waals surface area contributed by atoms with Crippen LogP contribution in [-0.4, -0.2) is 27.7 Å². The molecule has 0 radical (unpaired) electrons. The number of hydrogen-bond donors (Lipinski definition) is 1. The molecule has 0 amide bonds. The van der Waals surface area contributed by atoms with Gasteiger partial charge in [0.05, 0.1) is 27.7 Å². The largest absolute Gasteiger partial charge is 0.497 e. The fourth-order valence-corrected chi connectivity index (χ4v) is 3.60. The number of allylic oxidation sites excluding steroid dienone is 2. The molecule has 0 aromatic heterocycles. The summed E-state index contributed by atoms with van der Waals surface area (Å²) in [5.74, 6) is 1.21. The Morgan fingerprint density at radius 3 is 2.62 bits per heavy atom. The van der Waals surface area contributed by atoms with E-state index in [0.29, 0.717) is 5.92 Å². The molecule has 1 unspecified atom stereocenters. The Balaban J connectivity index is 1.97. The van der Waals surface area contributed by atoms with Crippen LogP contribution in [0, 0.1) is 11.7 Å². The zero-order chi connectivity index (χ0) is 18.5. The number of ether oxygens (including phenoxy) is 1. The Morgan fingerprint density at radius 2 is 1.92 bits per heavy atom. The molecule has 2 aromatic rings. The van der Waals surface area contributed by atoms with Crippen LogP contribution in [0.25, 0.3) is 11.6 Å². The maximum Gasteiger partial charge on any atom is 0.123 e. The van der Waals surface area contributed by atoms with Crippen molar-refractivity contribution >= 4 is 11.6 Å². The van der Waals surface area contributed by atoms with Crippen molar-refractivity contribution in [2.24, 2.45) is 5.92 Å². The summed E-state index contributed by atoms with van der Waals surface area (Å²) < 4.78 is 18.6. The summed E-state index contributed by atoms with van der Waals surface area (Å²) in [5.41, 5.74) is 4.92. The standard InChI is InChI=1S/C23H26FNO/c1-25(2)16-20-10-7-18(13-17-8-11-21(24)12-9-17)14-23(20)19-5-4-6-22(15-19)26-3/h4-6,8-9,11-15,20H,7,10,16H2,1-3H3/p+1/b18-13-. The van der Waals surface area contributed by atoms with Crippen LogP contribution in [0.4, 0.5) is 4.39 Å². The lowest BCUT2D eigenvalue weighted by Gasteiger charge is -2.27. The minimum Gasteiger partial charge on any atom is -0.497 e. The van der Waals surface area contributed by atoms with Crippen LogP contribution in [0.1, 0.15) is 24.0 Å². The smallest absolute Gasteiger partial charge is 0.123 e. The summed E-state index contributed by atoms with van der Waals surface area (Å²) >= 11 is 0. The predicted octanol–water partition coefficient (Wildman–Crippen LogP) is 3.86. The molecule has 2 nitrogen and oxygen atoms in total. The van der Waals surface area contributed by atoms with Crippen molar-refractivity contribution in [3.05, 3.63) is 77.1 Å². The van der Waals surface area contributed by atoms with Gasteiger partial charge in [-0.25, -0.2) is 4.39 Å². The molecule has 2 aromatic carbocycles. The summed E-state index contributed by atoms with van der Waals surface area (Å²) in [4.78, 5) is 1.45. The van der Waals surface area contributed by atoms with Crippen LogP contribution < -0.4 is 9.64 Å². The monoisotopic (exact) mass is 352 g/mol. The van der Waals surface area contributed by atoms with Crippen LogP contribution in [0.3, 0.4) is 0 Å². The molecule has 1 N–H and O–H groups in total. The normalized spacial score (nSPS) is 18.9. The maximum absolute atomic E-state index is 13.1. The van der Waals surface area contributed by atoms with Gasteiger partial charge in [-0.1, -0.05) is 36.4 Å². The van der Waals surface area contributed by atoms with E-state index in [9.17, 15) is 4.39 Å². The van der Waals surface area contributed by atoms with Crippen LogP contribution >= 0.6 is 0 Å².